The lowest BCUT2D eigenvalue weighted by atomic mass is 10.0. The van der Waals surface area contributed by atoms with Gasteiger partial charge in [-0.15, -0.1) is 0 Å². The summed E-state index contributed by atoms with van der Waals surface area (Å²) in [5.41, 5.74) is 0. The molecule has 0 bridgehead atoms. The summed E-state index contributed by atoms with van der Waals surface area (Å²) < 4.78 is 5.91. The van der Waals surface area contributed by atoms with Crippen LogP contribution in [0, 0.1) is 0 Å². The Labute approximate surface area is 330 Å². The van der Waals surface area contributed by atoms with Crippen LogP contribution in [-0.2, 0) is 9.53 Å². The average molecular weight is 752 g/mol. The fraction of sp³-hybridized carbons (Fsp3) is 0.957. The van der Waals surface area contributed by atoms with Crippen LogP contribution in [0.4, 0.5) is 4.79 Å². The number of nitrogens with zero attached hydrogens (tertiary/aromatic N) is 1. The van der Waals surface area contributed by atoms with Gasteiger partial charge in [-0.1, -0.05) is 175 Å². The third kappa shape index (κ3) is 40.1. The van der Waals surface area contributed by atoms with Crippen LogP contribution in [0.15, 0.2) is 0 Å². The number of hydrogen-bond acceptors (Lipinski definition) is 5. The van der Waals surface area contributed by atoms with Crippen molar-refractivity contribution < 1.29 is 19.4 Å². The normalized spacial score (nSPS) is 12.0. The maximum absolute atomic E-state index is 12.6. The molecule has 0 aromatic carbocycles. The number of rotatable bonds is 43. The molecule has 0 aromatic heterocycles. The average Bonchev–Trinajstić information content (AvgIpc) is 3.15. The van der Waals surface area contributed by atoms with E-state index < -0.39 is 0 Å². The highest BCUT2D eigenvalue weighted by Gasteiger charge is 2.14. The Kier molecular flexibility index (Phi) is 42.3. The summed E-state index contributed by atoms with van der Waals surface area (Å²) >= 11 is 0. The van der Waals surface area contributed by atoms with Crippen molar-refractivity contribution in [3.05, 3.63) is 0 Å². The second kappa shape index (κ2) is 43.4. The molecule has 0 spiro atoms. The standard InChI is InChI=1S/C46H93N3O4/c1-4-7-10-13-15-16-17-22-29-36-44(35-28-12-9-6-3)53-46(52)48-39-32-25-19-21-27-34-41-49(42-43-50)40-33-26-20-18-24-31-38-47-45(51)37-30-23-14-11-8-5-2/h44,50H,4-43H2,1-3H3,(H,47,51)(H,48,52). The Morgan fingerprint density at radius 3 is 1.32 bits per heavy atom. The van der Waals surface area contributed by atoms with E-state index in [2.05, 4.69) is 36.3 Å². The van der Waals surface area contributed by atoms with Crippen LogP contribution in [0.2, 0.25) is 0 Å². The number of nitrogens with one attached hydrogen (secondary N) is 2. The zero-order valence-corrected chi connectivity index (χ0v) is 36.0. The number of alkyl carbamates (subject to hydrolysis) is 1. The van der Waals surface area contributed by atoms with Gasteiger partial charge in [0.1, 0.15) is 6.10 Å². The van der Waals surface area contributed by atoms with Crippen molar-refractivity contribution in [2.45, 2.75) is 245 Å². The van der Waals surface area contributed by atoms with Crippen LogP contribution in [0.1, 0.15) is 239 Å². The molecular formula is C46H93N3O4. The van der Waals surface area contributed by atoms with Crippen LogP contribution in [-0.4, -0.2) is 67.4 Å². The molecule has 1 unspecified atom stereocenters. The fourth-order valence-corrected chi connectivity index (χ4v) is 7.32. The van der Waals surface area contributed by atoms with Crippen LogP contribution < -0.4 is 10.6 Å². The molecule has 7 heteroatoms. The monoisotopic (exact) mass is 752 g/mol. The minimum Gasteiger partial charge on any atom is -0.446 e. The van der Waals surface area contributed by atoms with Gasteiger partial charge in [-0.25, -0.2) is 4.79 Å². The molecule has 7 nitrogen and oxygen atoms in total. The maximum Gasteiger partial charge on any atom is 0.407 e. The van der Waals surface area contributed by atoms with E-state index >= 15 is 0 Å². The van der Waals surface area contributed by atoms with E-state index in [1.54, 1.807) is 0 Å². The molecule has 3 N–H and O–H groups in total. The smallest absolute Gasteiger partial charge is 0.407 e. The third-order valence-corrected chi connectivity index (χ3v) is 10.9. The van der Waals surface area contributed by atoms with Gasteiger partial charge < -0.3 is 25.4 Å². The van der Waals surface area contributed by atoms with Gasteiger partial charge in [-0.05, 0) is 70.9 Å². The minimum atomic E-state index is -0.218. The first-order chi connectivity index (χ1) is 26.1. The molecule has 0 saturated carbocycles. The van der Waals surface area contributed by atoms with Crippen LogP contribution in [0.25, 0.3) is 0 Å². The minimum absolute atomic E-state index is 0.0673. The summed E-state index contributed by atoms with van der Waals surface area (Å²) in [7, 11) is 0. The molecule has 1 atom stereocenters. The van der Waals surface area contributed by atoms with E-state index in [0.717, 1.165) is 71.1 Å². The predicted octanol–water partition coefficient (Wildman–Crippen LogP) is 12.8. The summed E-state index contributed by atoms with van der Waals surface area (Å²) in [5, 5.41) is 15.7. The SMILES string of the molecule is CCCCCCCCCCCC(CCCCCC)OC(=O)NCCCCCCCCN(CCO)CCCCCCCCNC(=O)CCCCCCCC. The van der Waals surface area contributed by atoms with E-state index in [1.807, 2.05) is 0 Å². The van der Waals surface area contributed by atoms with E-state index in [0.29, 0.717) is 13.0 Å². The first-order valence-electron chi connectivity index (χ1n) is 23.6. The number of carbonyl (C=O) groups excluding carboxylic acids is 2. The van der Waals surface area contributed by atoms with E-state index in [1.165, 1.54) is 167 Å². The summed E-state index contributed by atoms with van der Waals surface area (Å²) in [4.78, 5) is 27.0. The molecule has 0 aliphatic rings. The Bertz CT molecular complexity index is 752. The molecule has 0 fully saturated rings. The summed E-state index contributed by atoms with van der Waals surface area (Å²) in [6.45, 7) is 11.4. The predicted molar refractivity (Wildman–Crippen MR) is 229 cm³/mol. The highest BCUT2D eigenvalue weighted by atomic mass is 16.6. The number of aliphatic hydroxyl groups excluding tert-OH is 1. The number of carbonyl (C=O) groups is 2. The topological polar surface area (TPSA) is 90.9 Å². The lowest BCUT2D eigenvalue weighted by molar-refractivity contribution is -0.121. The van der Waals surface area contributed by atoms with Gasteiger partial charge in [0.05, 0.1) is 6.61 Å². The number of ether oxygens (including phenoxy) is 1. The fourth-order valence-electron chi connectivity index (χ4n) is 7.32. The van der Waals surface area contributed by atoms with Gasteiger partial charge >= 0.3 is 6.09 Å². The molecule has 0 aliphatic heterocycles. The van der Waals surface area contributed by atoms with Crippen molar-refractivity contribution in [2.24, 2.45) is 0 Å². The number of unbranched alkanes of at least 4 members (excludes halogenated alkanes) is 26. The number of amides is 2. The molecule has 316 valence electrons. The van der Waals surface area contributed by atoms with Crippen LogP contribution in [0.3, 0.4) is 0 Å². The molecule has 0 rings (SSSR count). The van der Waals surface area contributed by atoms with Crippen molar-refractivity contribution in [2.75, 3.05) is 39.3 Å². The summed E-state index contributed by atoms with van der Waals surface area (Å²) in [5.74, 6) is 0.228. The highest BCUT2D eigenvalue weighted by Crippen LogP contribution is 2.17. The second-order valence-electron chi connectivity index (χ2n) is 16.1. The molecule has 0 saturated heterocycles. The zero-order chi connectivity index (χ0) is 38.7. The van der Waals surface area contributed by atoms with Gasteiger partial charge in [-0.3, -0.25) is 4.79 Å². The number of aliphatic hydroxyl groups is 1. The zero-order valence-electron chi connectivity index (χ0n) is 36.0. The Hall–Kier alpha value is -1.34. The lowest BCUT2D eigenvalue weighted by Crippen LogP contribution is -2.30. The second-order valence-corrected chi connectivity index (χ2v) is 16.1. The maximum atomic E-state index is 12.6. The third-order valence-electron chi connectivity index (χ3n) is 10.9. The lowest BCUT2D eigenvalue weighted by Gasteiger charge is -2.21. The molecular weight excluding hydrogens is 659 g/mol. The Balaban J connectivity index is 3.84. The van der Waals surface area contributed by atoms with E-state index in [4.69, 9.17) is 4.74 Å². The van der Waals surface area contributed by atoms with Gasteiger partial charge in [-0.2, -0.15) is 0 Å². The van der Waals surface area contributed by atoms with Crippen LogP contribution >= 0.6 is 0 Å². The largest absolute Gasteiger partial charge is 0.446 e. The van der Waals surface area contributed by atoms with Crippen molar-refractivity contribution in [3.8, 4) is 0 Å². The summed E-state index contributed by atoms with van der Waals surface area (Å²) in [6.07, 6.45) is 40.9. The van der Waals surface area contributed by atoms with Gasteiger partial charge in [0.2, 0.25) is 5.91 Å². The van der Waals surface area contributed by atoms with Gasteiger partial charge in [0, 0.05) is 26.1 Å². The molecule has 0 aromatic rings. The Morgan fingerprint density at radius 2 is 0.849 bits per heavy atom. The highest BCUT2D eigenvalue weighted by molar-refractivity contribution is 5.75. The van der Waals surface area contributed by atoms with Crippen molar-refractivity contribution in [3.63, 3.8) is 0 Å². The van der Waals surface area contributed by atoms with Crippen LogP contribution in [0.5, 0.6) is 0 Å². The molecule has 2 amide bonds. The molecule has 0 aliphatic carbocycles. The van der Waals surface area contributed by atoms with Gasteiger partial charge in [0.15, 0.2) is 0 Å². The van der Waals surface area contributed by atoms with Crippen molar-refractivity contribution >= 4 is 12.0 Å². The van der Waals surface area contributed by atoms with E-state index in [9.17, 15) is 14.7 Å². The quantitative estimate of drug-likeness (QED) is 0.0540. The number of hydrogen-bond donors (Lipinski definition) is 3. The first kappa shape index (κ1) is 51.7. The first-order valence-corrected chi connectivity index (χ1v) is 23.6. The van der Waals surface area contributed by atoms with Crippen molar-refractivity contribution in [1.82, 2.24) is 15.5 Å². The molecule has 53 heavy (non-hydrogen) atoms. The van der Waals surface area contributed by atoms with Gasteiger partial charge in [0.25, 0.3) is 0 Å². The summed E-state index contributed by atoms with van der Waals surface area (Å²) in [6, 6.07) is 0. The molecule has 0 heterocycles. The Morgan fingerprint density at radius 1 is 0.472 bits per heavy atom. The van der Waals surface area contributed by atoms with Crippen molar-refractivity contribution in [1.29, 1.82) is 0 Å². The van der Waals surface area contributed by atoms with E-state index in [-0.39, 0.29) is 24.7 Å². The molecule has 0 radical (unpaired) electrons.